The smallest absolute Gasteiger partial charge is 0.264 e. The van der Waals surface area contributed by atoms with E-state index >= 15 is 0 Å². The third-order valence-corrected chi connectivity index (χ3v) is 1.65. The van der Waals surface area contributed by atoms with Crippen molar-refractivity contribution in [1.82, 2.24) is 4.98 Å². The summed E-state index contributed by atoms with van der Waals surface area (Å²) in [7, 11) is 0. The minimum Gasteiger partial charge on any atom is -0.264 e. The lowest BCUT2D eigenvalue weighted by molar-refractivity contribution is 0.0999. The van der Waals surface area contributed by atoms with Crippen molar-refractivity contribution in [3.8, 4) is 0 Å². The van der Waals surface area contributed by atoms with Gasteiger partial charge in [-0.05, 0) is 40.3 Å². The van der Waals surface area contributed by atoms with Crippen LogP contribution < -0.4 is 0 Å². The van der Waals surface area contributed by atoms with Gasteiger partial charge in [-0.2, -0.15) is 4.99 Å². The number of aliphatic imine (C=N–C) groups is 1. The molecule has 0 N–H and O–H groups in total. The second-order valence-corrected chi connectivity index (χ2v) is 2.97. The molecular formula is C7H3BrN2OS. The van der Waals surface area contributed by atoms with Crippen LogP contribution in [0.3, 0.4) is 0 Å². The van der Waals surface area contributed by atoms with E-state index in [0.717, 1.165) is 4.47 Å². The number of aromatic nitrogens is 1. The number of amides is 1. The molecule has 1 heterocycles. The molecule has 0 aliphatic heterocycles. The Labute approximate surface area is 82.7 Å². The molecule has 0 aromatic carbocycles. The molecule has 0 saturated carbocycles. The number of pyridine rings is 1. The van der Waals surface area contributed by atoms with E-state index in [1.807, 2.05) is 5.16 Å². The third kappa shape index (κ3) is 2.30. The average Bonchev–Trinajstić information content (AvgIpc) is 2.06. The maximum atomic E-state index is 11.0. The van der Waals surface area contributed by atoms with Gasteiger partial charge < -0.3 is 0 Å². The first kappa shape index (κ1) is 9.19. The van der Waals surface area contributed by atoms with Crippen LogP contribution in [0.5, 0.6) is 0 Å². The van der Waals surface area contributed by atoms with Gasteiger partial charge in [0.25, 0.3) is 0 Å². The van der Waals surface area contributed by atoms with Gasteiger partial charge in [-0.25, -0.2) is 4.98 Å². The highest BCUT2D eigenvalue weighted by atomic mass is 79.9. The predicted octanol–water partition coefficient (Wildman–Crippen LogP) is 2.09. The summed E-state index contributed by atoms with van der Waals surface area (Å²) in [5.41, 5.74) is 0.260. The summed E-state index contributed by atoms with van der Waals surface area (Å²) in [6.07, 6.45) is 1.52. The maximum absolute atomic E-state index is 11.0. The van der Waals surface area contributed by atoms with Crippen LogP contribution in [0.1, 0.15) is 10.5 Å². The largest absolute Gasteiger partial charge is 0.304 e. The van der Waals surface area contributed by atoms with Crippen molar-refractivity contribution in [2.45, 2.75) is 0 Å². The molecule has 0 atom stereocenters. The van der Waals surface area contributed by atoms with E-state index in [4.69, 9.17) is 0 Å². The molecule has 60 valence electrons. The Balaban J connectivity index is 2.97. The first-order chi connectivity index (χ1) is 5.74. The van der Waals surface area contributed by atoms with Gasteiger partial charge in [0, 0.05) is 10.7 Å². The van der Waals surface area contributed by atoms with Crippen molar-refractivity contribution in [2.75, 3.05) is 0 Å². The zero-order valence-corrected chi connectivity index (χ0v) is 8.22. The van der Waals surface area contributed by atoms with Crippen molar-refractivity contribution in [1.29, 1.82) is 0 Å². The highest BCUT2D eigenvalue weighted by Crippen LogP contribution is 2.07. The lowest BCUT2D eigenvalue weighted by Gasteiger charge is -1.91. The lowest BCUT2D eigenvalue weighted by Crippen LogP contribution is -1.96. The lowest BCUT2D eigenvalue weighted by atomic mass is 10.3. The van der Waals surface area contributed by atoms with Crippen LogP contribution in [0, 0.1) is 0 Å². The van der Waals surface area contributed by atoms with Crippen LogP contribution in [-0.4, -0.2) is 16.1 Å². The van der Waals surface area contributed by atoms with Crippen molar-refractivity contribution in [3.05, 3.63) is 28.5 Å². The van der Waals surface area contributed by atoms with E-state index in [9.17, 15) is 4.79 Å². The van der Waals surface area contributed by atoms with Gasteiger partial charge in [0.2, 0.25) is 0 Å². The van der Waals surface area contributed by atoms with Gasteiger partial charge >= 0.3 is 5.91 Å². The minimum absolute atomic E-state index is 0.260. The SMILES string of the molecule is O=C(N=C=S)c1ccc(Br)cn1. The van der Waals surface area contributed by atoms with Crippen LogP contribution in [0.15, 0.2) is 27.8 Å². The number of halogens is 1. The normalized spacial score (nSPS) is 8.75. The summed E-state index contributed by atoms with van der Waals surface area (Å²) in [5.74, 6) is -0.475. The second-order valence-electron chi connectivity index (χ2n) is 1.87. The Morgan fingerprint density at radius 3 is 2.92 bits per heavy atom. The molecule has 1 rings (SSSR count). The molecule has 0 spiro atoms. The van der Waals surface area contributed by atoms with Gasteiger partial charge in [-0.1, -0.05) is 0 Å². The molecule has 3 nitrogen and oxygen atoms in total. The van der Waals surface area contributed by atoms with Crippen molar-refractivity contribution in [2.24, 2.45) is 4.99 Å². The molecule has 1 aromatic rings. The van der Waals surface area contributed by atoms with E-state index in [2.05, 4.69) is 38.1 Å². The Morgan fingerprint density at radius 1 is 1.67 bits per heavy atom. The Kier molecular flexibility index (Phi) is 3.22. The highest BCUT2D eigenvalue weighted by molar-refractivity contribution is 9.10. The maximum Gasteiger partial charge on any atom is 0.304 e. The number of hydrogen-bond donors (Lipinski definition) is 0. The molecule has 0 fully saturated rings. The van der Waals surface area contributed by atoms with E-state index in [0.29, 0.717) is 0 Å². The molecule has 0 bridgehead atoms. The van der Waals surface area contributed by atoms with E-state index in [1.54, 1.807) is 12.1 Å². The Morgan fingerprint density at radius 2 is 2.42 bits per heavy atom. The number of isothiocyanates is 1. The van der Waals surface area contributed by atoms with Crippen LogP contribution in [0.25, 0.3) is 0 Å². The fourth-order valence-corrected chi connectivity index (χ4v) is 0.919. The van der Waals surface area contributed by atoms with Crippen molar-refractivity contribution in [3.63, 3.8) is 0 Å². The number of thiocarbonyl (C=S) groups is 1. The molecule has 0 saturated heterocycles. The zero-order valence-electron chi connectivity index (χ0n) is 5.82. The molecular weight excluding hydrogens is 240 g/mol. The molecule has 0 aliphatic carbocycles. The topological polar surface area (TPSA) is 42.3 Å². The number of rotatable bonds is 1. The average molecular weight is 243 g/mol. The van der Waals surface area contributed by atoms with E-state index < -0.39 is 5.91 Å². The van der Waals surface area contributed by atoms with E-state index in [-0.39, 0.29) is 5.69 Å². The summed E-state index contributed by atoms with van der Waals surface area (Å²) in [5, 5.41) is 1.99. The zero-order chi connectivity index (χ0) is 8.97. The van der Waals surface area contributed by atoms with Gasteiger partial charge in [-0.15, -0.1) is 0 Å². The molecule has 1 amide bonds. The third-order valence-electron chi connectivity index (χ3n) is 1.09. The predicted molar refractivity (Wildman–Crippen MR) is 51.3 cm³/mol. The number of carbonyl (C=O) groups is 1. The fourth-order valence-electron chi connectivity index (χ4n) is 0.601. The van der Waals surface area contributed by atoms with Crippen LogP contribution >= 0.6 is 28.1 Å². The summed E-state index contributed by atoms with van der Waals surface area (Å²) in [6, 6.07) is 3.27. The van der Waals surface area contributed by atoms with Crippen LogP contribution in [0.4, 0.5) is 0 Å². The molecule has 12 heavy (non-hydrogen) atoms. The van der Waals surface area contributed by atoms with Crippen LogP contribution in [0.2, 0.25) is 0 Å². The van der Waals surface area contributed by atoms with Crippen molar-refractivity contribution >= 4 is 39.2 Å². The van der Waals surface area contributed by atoms with Gasteiger partial charge in [-0.3, -0.25) is 4.79 Å². The Bertz CT molecular complexity index is 343. The van der Waals surface area contributed by atoms with Gasteiger partial charge in [0.15, 0.2) is 0 Å². The molecule has 5 heteroatoms. The summed E-state index contributed by atoms with van der Waals surface area (Å²) < 4.78 is 0.811. The number of nitrogens with zero attached hydrogens (tertiary/aromatic N) is 2. The van der Waals surface area contributed by atoms with Crippen molar-refractivity contribution < 1.29 is 4.79 Å². The fraction of sp³-hybridized carbons (Fsp3) is 0. The molecule has 1 aromatic heterocycles. The molecule has 0 aliphatic rings. The quantitative estimate of drug-likeness (QED) is 0.560. The van der Waals surface area contributed by atoms with Gasteiger partial charge in [0.1, 0.15) is 5.69 Å². The highest BCUT2D eigenvalue weighted by Gasteiger charge is 2.03. The summed E-state index contributed by atoms with van der Waals surface area (Å²) in [6.45, 7) is 0. The summed E-state index contributed by atoms with van der Waals surface area (Å²) in [4.78, 5) is 18.1. The monoisotopic (exact) mass is 242 g/mol. The first-order valence-electron chi connectivity index (χ1n) is 2.98. The van der Waals surface area contributed by atoms with E-state index in [1.165, 1.54) is 6.20 Å². The minimum atomic E-state index is -0.475. The second kappa shape index (κ2) is 4.21. The van der Waals surface area contributed by atoms with Crippen LogP contribution in [-0.2, 0) is 0 Å². The number of hydrogen-bond acceptors (Lipinski definition) is 3. The molecule has 0 unspecified atom stereocenters. The first-order valence-corrected chi connectivity index (χ1v) is 4.18. The number of carbonyl (C=O) groups excluding carboxylic acids is 1. The van der Waals surface area contributed by atoms with Gasteiger partial charge in [0.05, 0.1) is 5.16 Å². The molecule has 0 radical (unpaired) electrons. The Hall–Kier alpha value is -0.900. The summed E-state index contributed by atoms with van der Waals surface area (Å²) >= 11 is 7.47. The standard InChI is InChI=1S/C7H3BrN2OS/c8-5-1-2-6(9-3-5)7(11)10-4-12/h1-3H.